The smallest absolute Gasteiger partial charge is 0.261 e. The van der Waals surface area contributed by atoms with Gasteiger partial charge in [-0.05, 0) is 31.4 Å². The highest BCUT2D eigenvalue weighted by Crippen LogP contribution is 2.33. The van der Waals surface area contributed by atoms with E-state index in [4.69, 9.17) is 34.8 Å². The van der Waals surface area contributed by atoms with Crippen LogP contribution in [0.2, 0.25) is 15.1 Å². The van der Waals surface area contributed by atoms with Gasteiger partial charge in [-0.15, -0.1) is 0 Å². The van der Waals surface area contributed by atoms with E-state index in [1.54, 1.807) is 11.8 Å². The first-order valence-electron chi connectivity index (χ1n) is 7.44. The number of hydrazine groups is 1. The second-order valence-electron chi connectivity index (χ2n) is 5.31. The van der Waals surface area contributed by atoms with E-state index in [2.05, 4.69) is 10.9 Å². The van der Waals surface area contributed by atoms with Gasteiger partial charge in [0.1, 0.15) is 6.04 Å². The van der Waals surface area contributed by atoms with Crippen LogP contribution in [0.3, 0.4) is 0 Å². The fraction of sp³-hybridized carbons (Fsp3) is 0.467. The molecule has 0 radical (unpaired) electrons. The minimum absolute atomic E-state index is 0.0209. The average Bonchev–Trinajstić information content (AvgIpc) is 2.52. The number of carbonyl (C=O) groups excluding carboxylic acids is 2. The predicted molar refractivity (Wildman–Crippen MR) is 92.9 cm³/mol. The van der Waals surface area contributed by atoms with Crippen molar-refractivity contribution >= 4 is 52.3 Å². The Morgan fingerprint density at radius 3 is 2.48 bits per heavy atom. The fourth-order valence-corrected chi connectivity index (χ4v) is 3.49. The summed E-state index contributed by atoms with van der Waals surface area (Å²) in [6.07, 6.45) is 2.85. The van der Waals surface area contributed by atoms with Crippen molar-refractivity contribution in [3.63, 3.8) is 0 Å². The molecule has 1 atom stereocenters. The number of halogens is 3. The second kappa shape index (κ2) is 8.08. The van der Waals surface area contributed by atoms with Crippen LogP contribution < -0.4 is 10.9 Å². The minimum Gasteiger partial charge on any atom is -0.331 e. The second-order valence-corrected chi connectivity index (χ2v) is 6.56. The van der Waals surface area contributed by atoms with Gasteiger partial charge in [-0.3, -0.25) is 20.4 Å². The molecular weight excluding hydrogens is 361 g/mol. The lowest BCUT2D eigenvalue weighted by atomic mass is 10.0. The summed E-state index contributed by atoms with van der Waals surface area (Å²) in [4.78, 5) is 26.0. The van der Waals surface area contributed by atoms with Crippen molar-refractivity contribution in [1.29, 1.82) is 0 Å². The highest BCUT2D eigenvalue weighted by Gasteiger charge is 2.31. The summed E-state index contributed by atoms with van der Waals surface area (Å²) in [5, 5.41) is 1.00. The summed E-state index contributed by atoms with van der Waals surface area (Å²) >= 11 is 18.0. The number of piperidine rings is 1. The molecule has 2 rings (SSSR count). The number of rotatable bonds is 4. The van der Waals surface area contributed by atoms with Gasteiger partial charge in [0.05, 0.1) is 15.7 Å². The molecule has 2 amide bonds. The van der Waals surface area contributed by atoms with Gasteiger partial charge in [0.15, 0.2) is 0 Å². The lowest BCUT2D eigenvalue weighted by Crippen LogP contribution is -2.52. The summed E-state index contributed by atoms with van der Waals surface area (Å²) in [5.74, 6) is -0.305. The van der Waals surface area contributed by atoms with Crippen molar-refractivity contribution < 1.29 is 9.59 Å². The zero-order valence-electron chi connectivity index (χ0n) is 12.7. The molecule has 2 N–H and O–H groups in total. The maximum atomic E-state index is 12.4. The van der Waals surface area contributed by atoms with Crippen molar-refractivity contribution in [3.05, 3.63) is 27.2 Å². The van der Waals surface area contributed by atoms with E-state index in [0.717, 1.165) is 12.8 Å². The molecule has 0 aliphatic carbocycles. The molecule has 1 aliphatic rings. The number of nitrogens with one attached hydrogen (secondary N) is 2. The Balaban J connectivity index is 2.05. The number of likely N-dealkylation sites (tertiary alicyclic amines) is 1. The zero-order valence-corrected chi connectivity index (χ0v) is 14.9. The third kappa shape index (κ3) is 4.43. The lowest BCUT2D eigenvalue weighted by molar-refractivity contribution is -0.141. The average molecular weight is 379 g/mol. The van der Waals surface area contributed by atoms with Crippen molar-refractivity contribution in [2.24, 2.45) is 0 Å². The van der Waals surface area contributed by atoms with Gasteiger partial charge in [0.25, 0.3) is 5.91 Å². The van der Waals surface area contributed by atoms with Crippen LogP contribution in [-0.2, 0) is 9.59 Å². The first-order chi connectivity index (χ1) is 10.9. The summed E-state index contributed by atoms with van der Waals surface area (Å²) in [7, 11) is 0. The molecule has 0 saturated carbocycles. The van der Waals surface area contributed by atoms with Crippen molar-refractivity contribution in [1.82, 2.24) is 10.3 Å². The molecule has 23 heavy (non-hydrogen) atoms. The molecule has 1 unspecified atom stereocenters. The maximum Gasteiger partial charge on any atom is 0.261 e. The number of hydrogen-bond acceptors (Lipinski definition) is 3. The molecule has 8 heteroatoms. The monoisotopic (exact) mass is 377 g/mol. The summed E-state index contributed by atoms with van der Waals surface area (Å²) in [5.41, 5.74) is 5.68. The van der Waals surface area contributed by atoms with Crippen molar-refractivity contribution in [3.8, 4) is 0 Å². The number of nitrogens with zero attached hydrogens (tertiary/aromatic N) is 1. The van der Waals surface area contributed by atoms with Crippen molar-refractivity contribution in [2.75, 3.05) is 12.0 Å². The molecular formula is C15H18Cl3N3O2. The van der Waals surface area contributed by atoms with Crippen LogP contribution in [0.1, 0.15) is 32.6 Å². The molecule has 0 bridgehead atoms. The Bertz CT molecular complexity index is 587. The van der Waals surface area contributed by atoms with Crippen LogP contribution in [0.5, 0.6) is 0 Å². The van der Waals surface area contributed by atoms with Gasteiger partial charge in [0.2, 0.25) is 5.91 Å². The molecule has 1 aromatic carbocycles. The maximum absolute atomic E-state index is 12.4. The number of amides is 2. The predicted octanol–water partition coefficient (Wildman–Crippen LogP) is 3.88. The Labute approximate surface area is 150 Å². The van der Waals surface area contributed by atoms with Crippen LogP contribution >= 0.6 is 34.8 Å². The molecule has 0 spiro atoms. The lowest BCUT2D eigenvalue weighted by Gasteiger charge is -2.34. The van der Waals surface area contributed by atoms with Gasteiger partial charge in [0, 0.05) is 18.0 Å². The summed E-state index contributed by atoms with van der Waals surface area (Å²) in [6.45, 7) is 2.39. The molecule has 126 valence electrons. The topological polar surface area (TPSA) is 61.4 Å². The fourth-order valence-electron chi connectivity index (χ4n) is 2.57. The van der Waals surface area contributed by atoms with Crippen molar-refractivity contribution in [2.45, 2.75) is 38.6 Å². The van der Waals surface area contributed by atoms with E-state index < -0.39 is 6.04 Å². The van der Waals surface area contributed by atoms with Gasteiger partial charge >= 0.3 is 0 Å². The summed E-state index contributed by atoms with van der Waals surface area (Å²) < 4.78 is 0. The SMILES string of the molecule is CCC(=O)N1CCCCC1C(=O)NNc1c(Cl)cc(Cl)cc1Cl. The van der Waals surface area contributed by atoms with E-state index in [-0.39, 0.29) is 11.8 Å². The normalized spacial score (nSPS) is 17.7. The standard InChI is InChI=1S/C15H18Cl3N3O2/c1-2-13(22)21-6-4-3-5-12(21)15(23)20-19-14-10(17)7-9(16)8-11(14)18/h7-8,12,19H,2-6H2,1H3,(H,20,23). The quantitative estimate of drug-likeness (QED) is 0.782. The first-order valence-corrected chi connectivity index (χ1v) is 8.57. The third-order valence-corrected chi connectivity index (χ3v) is 4.56. The summed E-state index contributed by atoms with van der Waals surface area (Å²) in [6, 6.07) is 2.57. The Morgan fingerprint density at radius 2 is 1.87 bits per heavy atom. The minimum atomic E-state index is -0.478. The van der Waals surface area contributed by atoms with Crippen LogP contribution in [0.25, 0.3) is 0 Å². The van der Waals surface area contributed by atoms with Crippen LogP contribution in [0, 0.1) is 0 Å². The van der Waals surface area contributed by atoms with E-state index in [1.165, 1.54) is 12.1 Å². The molecule has 1 fully saturated rings. The van der Waals surface area contributed by atoms with Crippen LogP contribution in [0.4, 0.5) is 5.69 Å². The Hall–Kier alpha value is -1.17. The first kappa shape index (κ1) is 18.2. The van der Waals surface area contributed by atoms with Gasteiger partial charge in [-0.1, -0.05) is 41.7 Å². The molecule has 1 aliphatic heterocycles. The van der Waals surface area contributed by atoms with E-state index in [0.29, 0.717) is 40.1 Å². The largest absolute Gasteiger partial charge is 0.331 e. The number of benzene rings is 1. The van der Waals surface area contributed by atoms with Crippen LogP contribution in [-0.4, -0.2) is 29.3 Å². The Kier molecular flexibility index (Phi) is 6.39. The molecule has 1 heterocycles. The number of carbonyl (C=O) groups is 2. The number of hydrogen-bond donors (Lipinski definition) is 2. The third-order valence-electron chi connectivity index (χ3n) is 3.75. The van der Waals surface area contributed by atoms with E-state index >= 15 is 0 Å². The van der Waals surface area contributed by atoms with Crippen LogP contribution in [0.15, 0.2) is 12.1 Å². The van der Waals surface area contributed by atoms with E-state index in [1.807, 2.05) is 0 Å². The highest BCUT2D eigenvalue weighted by atomic mass is 35.5. The molecule has 5 nitrogen and oxygen atoms in total. The zero-order chi connectivity index (χ0) is 17.0. The molecule has 1 saturated heterocycles. The van der Waals surface area contributed by atoms with Gasteiger partial charge in [-0.2, -0.15) is 0 Å². The van der Waals surface area contributed by atoms with Gasteiger partial charge < -0.3 is 4.90 Å². The van der Waals surface area contributed by atoms with E-state index in [9.17, 15) is 9.59 Å². The van der Waals surface area contributed by atoms with Gasteiger partial charge in [-0.25, -0.2) is 0 Å². The Morgan fingerprint density at radius 1 is 1.22 bits per heavy atom. The molecule has 0 aromatic heterocycles. The molecule has 1 aromatic rings. The number of anilines is 1. The highest BCUT2D eigenvalue weighted by molar-refractivity contribution is 6.41.